The fourth-order valence-corrected chi connectivity index (χ4v) is 2.06. The van der Waals surface area contributed by atoms with Gasteiger partial charge in [-0.1, -0.05) is 30.3 Å². The van der Waals surface area contributed by atoms with E-state index in [1.54, 1.807) is 24.3 Å². The number of carbonyl (C=O) groups is 2. The van der Waals surface area contributed by atoms with E-state index in [2.05, 4.69) is 10.1 Å². The fourth-order valence-electron chi connectivity index (χ4n) is 2.06. The van der Waals surface area contributed by atoms with Crippen molar-refractivity contribution in [1.29, 1.82) is 0 Å². The first kappa shape index (κ1) is 16.5. The van der Waals surface area contributed by atoms with Crippen LogP contribution in [0.3, 0.4) is 0 Å². The van der Waals surface area contributed by atoms with Gasteiger partial charge in [-0.05, 0) is 36.8 Å². The molecule has 0 aromatic heterocycles. The van der Waals surface area contributed by atoms with E-state index in [1.165, 1.54) is 7.11 Å². The SMILES string of the molecule is COC(=O)c1ccc(OCC(=O)NC(C)c2ccccc2)cc1. The summed E-state index contributed by atoms with van der Waals surface area (Å²) in [5, 5.41) is 2.87. The Kier molecular flexibility index (Phi) is 5.74. The molecular weight excluding hydrogens is 294 g/mol. The Labute approximate surface area is 135 Å². The average Bonchev–Trinajstić information content (AvgIpc) is 2.60. The Balaban J connectivity index is 1.83. The Morgan fingerprint density at radius 2 is 1.70 bits per heavy atom. The van der Waals surface area contributed by atoms with E-state index >= 15 is 0 Å². The molecule has 0 heterocycles. The van der Waals surface area contributed by atoms with Crippen LogP contribution in [-0.2, 0) is 9.53 Å². The van der Waals surface area contributed by atoms with Gasteiger partial charge in [0.25, 0.3) is 5.91 Å². The predicted octanol–water partition coefficient (Wildman–Crippen LogP) is 2.73. The van der Waals surface area contributed by atoms with E-state index in [0.717, 1.165) is 5.56 Å². The molecule has 0 bridgehead atoms. The molecule has 0 fully saturated rings. The summed E-state index contributed by atoms with van der Waals surface area (Å²) in [5.74, 6) is -0.107. The van der Waals surface area contributed by atoms with Crippen molar-refractivity contribution < 1.29 is 19.1 Å². The Hall–Kier alpha value is -2.82. The standard InChI is InChI=1S/C18H19NO4/c1-13(14-6-4-3-5-7-14)19-17(20)12-23-16-10-8-15(9-11-16)18(21)22-2/h3-11,13H,12H2,1-2H3,(H,19,20). The zero-order valence-corrected chi connectivity index (χ0v) is 13.1. The molecule has 1 N–H and O–H groups in total. The van der Waals surface area contributed by atoms with Gasteiger partial charge < -0.3 is 14.8 Å². The van der Waals surface area contributed by atoms with E-state index < -0.39 is 5.97 Å². The highest BCUT2D eigenvalue weighted by molar-refractivity contribution is 5.89. The second kappa shape index (κ2) is 7.98. The summed E-state index contributed by atoms with van der Waals surface area (Å²) in [4.78, 5) is 23.2. The molecule has 0 radical (unpaired) electrons. The number of benzene rings is 2. The van der Waals surface area contributed by atoms with Crippen molar-refractivity contribution in [2.24, 2.45) is 0 Å². The number of hydrogen-bond donors (Lipinski definition) is 1. The van der Waals surface area contributed by atoms with Crippen LogP contribution in [0.25, 0.3) is 0 Å². The van der Waals surface area contributed by atoms with Gasteiger partial charge in [-0.15, -0.1) is 0 Å². The van der Waals surface area contributed by atoms with Crippen molar-refractivity contribution in [1.82, 2.24) is 5.32 Å². The van der Waals surface area contributed by atoms with Crippen LogP contribution >= 0.6 is 0 Å². The van der Waals surface area contributed by atoms with Crippen LogP contribution in [0.15, 0.2) is 54.6 Å². The Morgan fingerprint density at radius 1 is 1.04 bits per heavy atom. The van der Waals surface area contributed by atoms with Gasteiger partial charge in [0.1, 0.15) is 5.75 Å². The van der Waals surface area contributed by atoms with Crippen LogP contribution in [0.4, 0.5) is 0 Å². The van der Waals surface area contributed by atoms with Gasteiger partial charge in [0.2, 0.25) is 0 Å². The smallest absolute Gasteiger partial charge is 0.337 e. The van der Waals surface area contributed by atoms with Gasteiger partial charge >= 0.3 is 5.97 Å². The van der Waals surface area contributed by atoms with Crippen LogP contribution in [0, 0.1) is 0 Å². The molecule has 2 rings (SSSR count). The highest BCUT2D eigenvalue weighted by Gasteiger charge is 2.10. The lowest BCUT2D eigenvalue weighted by Crippen LogP contribution is -2.31. The molecular formula is C18H19NO4. The zero-order valence-electron chi connectivity index (χ0n) is 13.1. The predicted molar refractivity (Wildman–Crippen MR) is 86.3 cm³/mol. The van der Waals surface area contributed by atoms with Crippen LogP contribution < -0.4 is 10.1 Å². The molecule has 0 spiro atoms. The summed E-state index contributed by atoms with van der Waals surface area (Å²) in [6.07, 6.45) is 0. The number of rotatable bonds is 6. The van der Waals surface area contributed by atoms with Crippen molar-refractivity contribution in [3.05, 3.63) is 65.7 Å². The summed E-state index contributed by atoms with van der Waals surface area (Å²) < 4.78 is 10.0. The maximum absolute atomic E-state index is 11.9. The van der Waals surface area contributed by atoms with Gasteiger partial charge in [-0.2, -0.15) is 0 Å². The normalized spacial score (nSPS) is 11.4. The van der Waals surface area contributed by atoms with Crippen molar-refractivity contribution in [3.8, 4) is 5.75 Å². The minimum Gasteiger partial charge on any atom is -0.484 e. The first-order valence-corrected chi connectivity index (χ1v) is 7.25. The highest BCUT2D eigenvalue weighted by atomic mass is 16.5. The third-order valence-electron chi connectivity index (χ3n) is 3.32. The summed E-state index contributed by atoms with van der Waals surface area (Å²) in [5.41, 5.74) is 1.46. The topological polar surface area (TPSA) is 64.6 Å². The molecule has 0 saturated carbocycles. The molecule has 0 saturated heterocycles. The molecule has 23 heavy (non-hydrogen) atoms. The summed E-state index contributed by atoms with van der Waals surface area (Å²) in [7, 11) is 1.32. The lowest BCUT2D eigenvalue weighted by atomic mass is 10.1. The van der Waals surface area contributed by atoms with E-state index in [0.29, 0.717) is 11.3 Å². The van der Waals surface area contributed by atoms with E-state index in [9.17, 15) is 9.59 Å². The van der Waals surface area contributed by atoms with E-state index in [-0.39, 0.29) is 18.6 Å². The summed E-state index contributed by atoms with van der Waals surface area (Å²) >= 11 is 0. The van der Waals surface area contributed by atoms with Gasteiger partial charge in [0.15, 0.2) is 6.61 Å². The molecule has 2 aromatic carbocycles. The fraction of sp³-hybridized carbons (Fsp3) is 0.222. The van der Waals surface area contributed by atoms with E-state index in [1.807, 2.05) is 37.3 Å². The lowest BCUT2D eigenvalue weighted by Gasteiger charge is -2.14. The molecule has 0 aliphatic rings. The summed E-state index contributed by atoms with van der Waals surface area (Å²) in [6, 6.07) is 16.0. The number of hydrogen-bond acceptors (Lipinski definition) is 4. The lowest BCUT2D eigenvalue weighted by molar-refractivity contribution is -0.123. The third-order valence-corrected chi connectivity index (χ3v) is 3.32. The van der Waals surface area contributed by atoms with Gasteiger partial charge in [0, 0.05) is 0 Å². The molecule has 120 valence electrons. The molecule has 1 amide bonds. The third kappa shape index (κ3) is 4.85. The molecule has 0 aliphatic heterocycles. The van der Waals surface area contributed by atoms with Crippen LogP contribution in [0.1, 0.15) is 28.9 Å². The van der Waals surface area contributed by atoms with Crippen LogP contribution in [0.5, 0.6) is 5.75 Å². The van der Waals surface area contributed by atoms with Crippen LogP contribution in [0.2, 0.25) is 0 Å². The minimum atomic E-state index is -0.411. The maximum atomic E-state index is 11.9. The number of amides is 1. The Bertz CT molecular complexity index is 652. The first-order chi connectivity index (χ1) is 11.1. The monoisotopic (exact) mass is 313 g/mol. The van der Waals surface area contributed by atoms with Crippen molar-refractivity contribution in [2.75, 3.05) is 13.7 Å². The highest BCUT2D eigenvalue weighted by Crippen LogP contribution is 2.14. The van der Waals surface area contributed by atoms with Gasteiger partial charge in [-0.3, -0.25) is 4.79 Å². The van der Waals surface area contributed by atoms with Crippen molar-refractivity contribution in [2.45, 2.75) is 13.0 Å². The number of carbonyl (C=O) groups excluding carboxylic acids is 2. The average molecular weight is 313 g/mol. The minimum absolute atomic E-state index is 0.0885. The second-order valence-electron chi connectivity index (χ2n) is 5.00. The first-order valence-electron chi connectivity index (χ1n) is 7.25. The maximum Gasteiger partial charge on any atom is 0.337 e. The molecule has 0 aliphatic carbocycles. The Morgan fingerprint density at radius 3 is 2.30 bits per heavy atom. The number of ether oxygens (including phenoxy) is 2. The molecule has 1 unspecified atom stereocenters. The molecule has 5 nitrogen and oxygen atoms in total. The largest absolute Gasteiger partial charge is 0.484 e. The zero-order chi connectivity index (χ0) is 16.7. The molecule has 1 atom stereocenters. The van der Waals surface area contributed by atoms with Crippen molar-refractivity contribution in [3.63, 3.8) is 0 Å². The summed E-state index contributed by atoms with van der Waals surface area (Å²) in [6.45, 7) is 1.83. The van der Waals surface area contributed by atoms with Crippen LogP contribution in [-0.4, -0.2) is 25.6 Å². The van der Waals surface area contributed by atoms with E-state index in [4.69, 9.17) is 4.74 Å². The number of esters is 1. The second-order valence-corrected chi connectivity index (χ2v) is 5.00. The quantitative estimate of drug-likeness (QED) is 0.833. The number of methoxy groups -OCH3 is 1. The van der Waals surface area contributed by atoms with Crippen molar-refractivity contribution >= 4 is 11.9 Å². The molecule has 2 aromatic rings. The van der Waals surface area contributed by atoms with Gasteiger partial charge in [-0.25, -0.2) is 4.79 Å². The van der Waals surface area contributed by atoms with Gasteiger partial charge in [0.05, 0.1) is 18.7 Å². The molecule has 5 heteroatoms. The number of nitrogens with one attached hydrogen (secondary N) is 1.